The maximum atomic E-state index is 11.3. The van der Waals surface area contributed by atoms with Crippen molar-refractivity contribution < 1.29 is 14.3 Å². The highest BCUT2D eigenvalue weighted by Gasteiger charge is 2.10. The van der Waals surface area contributed by atoms with E-state index < -0.39 is 5.97 Å². The lowest BCUT2D eigenvalue weighted by Gasteiger charge is -1.98. The zero-order valence-electron chi connectivity index (χ0n) is 13.3. The minimum absolute atomic E-state index is 0.194. The average Bonchev–Trinajstić information content (AvgIpc) is 2.54. The van der Waals surface area contributed by atoms with Crippen molar-refractivity contribution in [1.29, 1.82) is 0 Å². The molecule has 0 heterocycles. The van der Waals surface area contributed by atoms with Crippen molar-refractivity contribution in [3.05, 3.63) is 35.9 Å². The molecule has 0 atom stereocenters. The lowest BCUT2D eigenvalue weighted by atomic mass is 10.1. The Morgan fingerprint density at radius 2 is 1.32 bits per heavy atom. The quantitative estimate of drug-likeness (QED) is 0.460. The predicted molar refractivity (Wildman–Crippen MR) is 81.4 cm³/mol. The van der Waals surface area contributed by atoms with Crippen LogP contribution in [0.5, 0.6) is 0 Å². The highest BCUT2D eigenvalue weighted by Crippen LogP contribution is 2.03. The number of esters is 1. The van der Waals surface area contributed by atoms with Gasteiger partial charge in [-0.3, -0.25) is 9.59 Å². The molecular formula is C16H28O3. The summed E-state index contributed by atoms with van der Waals surface area (Å²) in [5.41, 5.74) is 0.535. The molecule has 19 heavy (non-hydrogen) atoms. The number of ether oxygens (including phenoxy) is 1. The van der Waals surface area contributed by atoms with Gasteiger partial charge in [-0.2, -0.15) is 0 Å². The normalized spacial score (nSPS) is 7.32. The number of hydrogen-bond donors (Lipinski definition) is 0. The largest absolute Gasteiger partial charge is 0.469 e. The first-order valence-electron chi connectivity index (χ1n) is 6.89. The van der Waals surface area contributed by atoms with Crippen LogP contribution in [0, 0.1) is 0 Å². The Morgan fingerprint density at radius 3 is 1.68 bits per heavy atom. The molecule has 0 aromatic heterocycles. The Bertz CT molecular complexity index is 305. The summed E-state index contributed by atoms with van der Waals surface area (Å²) < 4.78 is 4.38. The standard InChI is InChI=1S/C10H10O3.3C2H6/c1-13-10(12)7-9(11)8-5-3-2-4-6-8;3*1-2/h2-6H,7H2,1H3;3*1-2H3. The fraction of sp³-hybridized carbons (Fsp3) is 0.500. The molecule has 0 N–H and O–H groups in total. The van der Waals surface area contributed by atoms with E-state index in [2.05, 4.69) is 4.74 Å². The molecule has 110 valence electrons. The maximum Gasteiger partial charge on any atom is 0.313 e. The summed E-state index contributed by atoms with van der Waals surface area (Å²) in [5, 5.41) is 0. The van der Waals surface area contributed by atoms with Gasteiger partial charge in [-0.25, -0.2) is 0 Å². The molecule has 0 bridgehead atoms. The molecule has 3 heteroatoms. The van der Waals surface area contributed by atoms with E-state index in [9.17, 15) is 9.59 Å². The molecule has 3 nitrogen and oxygen atoms in total. The molecule has 0 unspecified atom stereocenters. The molecule has 0 amide bonds. The van der Waals surface area contributed by atoms with E-state index in [1.807, 2.05) is 47.6 Å². The van der Waals surface area contributed by atoms with Crippen LogP contribution in [0.2, 0.25) is 0 Å². The van der Waals surface area contributed by atoms with Gasteiger partial charge in [0.2, 0.25) is 0 Å². The van der Waals surface area contributed by atoms with Crippen molar-refractivity contribution in [2.45, 2.75) is 48.0 Å². The first-order valence-corrected chi connectivity index (χ1v) is 6.89. The fourth-order valence-electron chi connectivity index (χ4n) is 0.929. The van der Waals surface area contributed by atoms with Crippen molar-refractivity contribution in [2.24, 2.45) is 0 Å². The van der Waals surface area contributed by atoms with Gasteiger partial charge < -0.3 is 4.74 Å². The molecule has 0 radical (unpaired) electrons. The van der Waals surface area contributed by atoms with Crippen molar-refractivity contribution in [3.8, 4) is 0 Å². The Balaban J connectivity index is -0.000000375. The molecule has 0 saturated carbocycles. The minimum Gasteiger partial charge on any atom is -0.469 e. The number of hydrogen-bond acceptors (Lipinski definition) is 3. The molecule has 0 aliphatic carbocycles. The van der Waals surface area contributed by atoms with E-state index in [0.717, 1.165) is 0 Å². The van der Waals surface area contributed by atoms with Crippen LogP contribution >= 0.6 is 0 Å². The van der Waals surface area contributed by atoms with Crippen molar-refractivity contribution in [1.82, 2.24) is 0 Å². The average molecular weight is 268 g/mol. The SMILES string of the molecule is CC.CC.CC.COC(=O)CC(=O)c1ccccc1. The zero-order chi connectivity index (χ0) is 15.7. The fourth-order valence-corrected chi connectivity index (χ4v) is 0.929. The number of carbonyl (C=O) groups is 2. The minimum atomic E-state index is -0.506. The van der Waals surface area contributed by atoms with Gasteiger partial charge in [-0.15, -0.1) is 0 Å². The van der Waals surface area contributed by atoms with E-state index in [0.29, 0.717) is 5.56 Å². The van der Waals surface area contributed by atoms with Crippen LogP contribution in [0.1, 0.15) is 58.3 Å². The molecule has 1 rings (SSSR count). The second-order valence-corrected chi connectivity index (χ2v) is 2.54. The molecule has 0 spiro atoms. The molecule has 0 saturated heterocycles. The Labute approximate surface area is 118 Å². The van der Waals surface area contributed by atoms with Gasteiger partial charge in [-0.05, 0) is 0 Å². The van der Waals surface area contributed by atoms with Gasteiger partial charge in [0.1, 0.15) is 6.42 Å². The van der Waals surface area contributed by atoms with Gasteiger partial charge in [0.25, 0.3) is 0 Å². The summed E-state index contributed by atoms with van der Waals surface area (Å²) in [6.45, 7) is 12.0. The summed E-state index contributed by atoms with van der Waals surface area (Å²) >= 11 is 0. The van der Waals surface area contributed by atoms with E-state index in [-0.39, 0.29) is 12.2 Å². The highest BCUT2D eigenvalue weighted by atomic mass is 16.5. The smallest absolute Gasteiger partial charge is 0.313 e. The van der Waals surface area contributed by atoms with Crippen LogP contribution < -0.4 is 0 Å². The number of Topliss-reactive ketones (excluding diaryl/α,β-unsaturated/α-hetero) is 1. The van der Waals surface area contributed by atoms with E-state index in [4.69, 9.17) is 0 Å². The van der Waals surface area contributed by atoms with Gasteiger partial charge in [-0.1, -0.05) is 71.9 Å². The Hall–Kier alpha value is -1.64. The molecule has 1 aromatic rings. The summed E-state index contributed by atoms with van der Waals surface area (Å²) in [6.07, 6.45) is -0.194. The van der Waals surface area contributed by atoms with Crippen LogP contribution in [-0.2, 0) is 9.53 Å². The summed E-state index contributed by atoms with van der Waals surface area (Å²) in [4.78, 5) is 22.1. The zero-order valence-corrected chi connectivity index (χ0v) is 13.3. The molecule has 0 aliphatic heterocycles. The first-order chi connectivity index (χ1) is 9.24. The van der Waals surface area contributed by atoms with Gasteiger partial charge in [0, 0.05) is 5.56 Å². The number of rotatable bonds is 3. The summed E-state index contributed by atoms with van der Waals surface area (Å²) in [6, 6.07) is 8.67. The van der Waals surface area contributed by atoms with Gasteiger partial charge in [0.15, 0.2) is 5.78 Å². The Morgan fingerprint density at radius 1 is 0.895 bits per heavy atom. The van der Waals surface area contributed by atoms with Crippen LogP contribution in [0.4, 0.5) is 0 Å². The summed E-state index contributed by atoms with van der Waals surface area (Å²) in [7, 11) is 1.26. The number of carbonyl (C=O) groups excluding carboxylic acids is 2. The highest BCUT2D eigenvalue weighted by molar-refractivity contribution is 6.05. The molecule has 1 aromatic carbocycles. The Kier molecular flexibility index (Phi) is 22.2. The third-order valence-corrected chi connectivity index (χ3v) is 1.63. The monoisotopic (exact) mass is 268 g/mol. The first kappa shape index (κ1) is 22.5. The number of methoxy groups -OCH3 is 1. The third kappa shape index (κ3) is 12.6. The van der Waals surface area contributed by atoms with Gasteiger partial charge in [0.05, 0.1) is 7.11 Å². The topological polar surface area (TPSA) is 43.4 Å². The number of benzene rings is 1. The second kappa shape index (κ2) is 18.7. The van der Waals surface area contributed by atoms with Crippen LogP contribution in [-0.4, -0.2) is 18.9 Å². The van der Waals surface area contributed by atoms with E-state index in [1.165, 1.54) is 7.11 Å². The van der Waals surface area contributed by atoms with E-state index >= 15 is 0 Å². The second-order valence-electron chi connectivity index (χ2n) is 2.54. The third-order valence-electron chi connectivity index (χ3n) is 1.63. The predicted octanol–water partition coefficient (Wildman–Crippen LogP) is 4.51. The number of ketones is 1. The van der Waals surface area contributed by atoms with Crippen molar-refractivity contribution in [2.75, 3.05) is 7.11 Å². The molecular weight excluding hydrogens is 240 g/mol. The molecule has 0 fully saturated rings. The van der Waals surface area contributed by atoms with E-state index in [1.54, 1.807) is 24.3 Å². The molecule has 0 aliphatic rings. The van der Waals surface area contributed by atoms with Gasteiger partial charge >= 0.3 is 5.97 Å². The maximum absolute atomic E-state index is 11.3. The summed E-state index contributed by atoms with van der Waals surface area (Å²) in [5.74, 6) is -0.721. The van der Waals surface area contributed by atoms with Crippen LogP contribution in [0.25, 0.3) is 0 Å². The van der Waals surface area contributed by atoms with Crippen molar-refractivity contribution in [3.63, 3.8) is 0 Å². The van der Waals surface area contributed by atoms with Crippen LogP contribution in [0.3, 0.4) is 0 Å². The lowest BCUT2D eigenvalue weighted by Crippen LogP contribution is -2.09. The van der Waals surface area contributed by atoms with Crippen LogP contribution in [0.15, 0.2) is 30.3 Å². The van der Waals surface area contributed by atoms with Crippen molar-refractivity contribution >= 4 is 11.8 Å². The lowest BCUT2D eigenvalue weighted by molar-refractivity contribution is -0.139.